The summed E-state index contributed by atoms with van der Waals surface area (Å²) in [5.41, 5.74) is 3.50. The second-order valence-electron chi connectivity index (χ2n) is 4.99. The van der Waals surface area contributed by atoms with Gasteiger partial charge in [-0.25, -0.2) is 4.98 Å². The van der Waals surface area contributed by atoms with E-state index in [4.69, 9.17) is 11.6 Å². The van der Waals surface area contributed by atoms with Gasteiger partial charge in [0.25, 0.3) is 0 Å². The molecule has 0 atom stereocenters. The predicted molar refractivity (Wildman–Crippen MR) is 80.7 cm³/mol. The molecule has 1 aromatic carbocycles. The molecule has 0 unspecified atom stereocenters. The average molecular weight is 287 g/mol. The first kappa shape index (κ1) is 15.3. The number of nitrogens with zero attached hydrogens (tertiary/aromatic N) is 2. The highest BCUT2D eigenvalue weighted by Crippen LogP contribution is 2.20. The Bertz CT molecular complexity index is 518. The summed E-state index contributed by atoms with van der Waals surface area (Å²) < 4.78 is 2.25. The molecular weight excluding hydrogens is 267 g/mol. The Labute approximate surface area is 120 Å². The first-order valence-electron chi connectivity index (χ1n) is 6.13. The first-order valence-corrected chi connectivity index (χ1v) is 6.67. The number of halogens is 2. The van der Waals surface area contributed by atoms with Gasteiger partial charge in [-0.2, -0.15) is 0 Å². The smallest absolute Gasteiger partial charge is 0.124 e. The maximum atomic E-state index is 5.98. The Balaban J connectivity index is 0.00000162. The summed E-state index contributed by atoms with van der Waals surface area (Å²) in [6.45, 7) is 7.57. The van der Waals surface area contributed by atoms with Crippen LogP contribution in [0.15, 0.2) is 18.2 Å². The van der Waals surface area contributed by atoms with Gasteiger partial charge in [0.2, 0.25) is 0 Å². The van der Waals surface area contributed by atoms with E-state index in [0.29, 0.717) is 11.8 Å². The van der Waals surface area contributed by atoms with Crippen molar-refractivity contribution in [3.05, 3.63) is 29.6 Å². The van der Waals surface area contributed by atoms with Crippen LogP contribution in [0.4, 0.5) is 0 Å². The van der Waals surface area contributed by atoms with Crippen molar-refractivity contribution in [3.63, 3.8) is 0 Å². The standard InChI is InChI=1S/C14H19ClN2.ClH/c1-10(2)6-7-17-13-5-4-11(3)8-12(13)16-14(17)9-15;/h4-5,8,10H,6-7,9H2,1-3H3;1H. The lowest BCUT2D eigenvalue weighted by Crippen LogP contribution is -2.04. The van der Waals surface area contributed by atoms with Crippen LogP contribution in [0.1, 0.15) is 31.7 Å². The second kappa shape index (κ2) is 6.44. The maximum absolute atomic E-state index is 5.98. The lowest BCUT2D eigenvalue weighted by Gasteiger charge is -2.09. The van der Waals surface area contributed by atoms with E-state index in [2.05, 4.69) is 48.5 Å². The van der Waals surface area contributed by atoms with Gasteiger partial charge in [0.05, 0.1) is 16.9 Å². The minimum Gasteiger partial charge on any atom is -0.327 e. The fraction of sp³-hybridized carbons (Fsp3) is 0.500. The van der Waals surface area contributed by atoms with E-state index in [9.17, 15) is 0 Å². The van der Waals surface area contributed by atoms with E-state index in [0.717, 1.165) is 24.3 Å². The largest absolute Gasteiger partial charge is 0.327 e. The molecule has 100 valence electrons. The van der Waals surface area contributed by atoms with Gasteiger partial charge < -0.3 is 4.57 Å². The van der Waals surface area contributed by atoms with Crippen molar-refractivity contribution < 1.29 is 0 Å². The van der Waals surface area contributed by atoms with Gasteiger partial charge in [0, 0.05) is 6.54 Å². The normalized spacial score (nSPS) is 10.9. The van der Waals surface area contributed by atoms with E-state index >= 15 is 0 Å². The molecule has 0 aliphatic rings. The first-order chi connectivity index (χ1) is 8.11. The van der Waals surface area contributed by atoms with E-state index < -0.39 is 0 Å². The van der Waals surface area contributed by atoms with Crippen LogP contribution in [-0.2, 0) is 12.4 Å². The van der Waals surface area contributed by atoms with Crippen LogP contribution in [-0.4, -0.2) is 9.55 Å². The number of alkyl halides is 1. The molecule has 0 saturated heterocycles. The highest BCUT2D eigenvalue weighted by Gasteiger charge is 2.10. The minimum atomic E-state index is 0. The summed E-state index contributed by atoms with van der Waals surface area (Å²) in [6, 6.07) is 6.40. The number of fused-ring (bicyclic) bond motifs is 1. The topological polar surface area (TPSA) is 17.8 Å². The van der Waals surface area contributed by atoms with Gasteiger partial charge in [0.15, 0.2) is 0 Å². The number of rotatable bonds is 4. The zero-order chi connectivity index (χ0) is 12.4. The minimum absolute atomic E-state index is 0. The van der Waals surface area contributed by atoms with Crippen molar-refractivity contribution in [2.45, 2.75) is 39.6 Å². The Morgan fingerprint density at radius 1 is 1.33 bits per heavy atom. The molecular formula is C14H20Cl2N2. The van der Waals surface area contributed by atoms with Crippen molar-refractivity contribution >= 4 is 35.0 Å². The molecule has 0 bridgehead atoms. The Morgan fingerprint density at radius 3 is 2.67 bits per heavy atom. The molecule has 1 aromatic heterocycles. The average Bonchev–Trinajstić information content (AvgIpc) is 2.63. The maximum Gasteiger partial charge on any atom is 0.124 e. The summed E-state index contributed by atoms with van der Waals surface area (Å²) in [5, 5.41) is 0. The summed E-state index contributed by atoms with van der Waals surface area (Å²) in [5.74, 6) is 2.15. The molecule has 0 saturated carbocycles. The molecule has 1 heterocycles. The van der Waals surface area contributed by atoms with Gasteiger partial charge in [-0.15, -0.1) is 24.0 Å². The summed E-state index contributed by atoms with van der Waals surface area (Å²) in [4.78, 5) is 4.60. The van der Waals surface area contributed by atoms with Gasteiger partial charge in [0.1, 0.15) is 5.82 Å². The third kappa shape index (κ3) is 3.18. The van der Waals surface area contributed by atoms with E-state index in [-0.39, 0.29) is 12.4 Å². The fourth-order valence-corrected chi connectivity index (χ4v) is 2.23. The van der Waals surface area contributed by atoms with E-state index in [1.807, 2.05) is 0 Å². The van der Waals surface area contributed by atoms with Crippen LogP contribution in [0.3, 0.4) is 0 Å². The lowest BCUT2D eigenvalue weighted by molar-refractivity contribution is 0.516. The highest BCUT2D eigenvalue weighted by molar-refractivity contribution is 6.16. The third-order valence-electron chi connectivity index (χ3n) is 3.03. The second-order valence-corrected chi connectivity index (χ2v) is 5.26. The van der Waals surface area contributed by atoms with Gasteiger partial charge >= 0.3 is 0 Å². The quantitative estimate of drug-likeness (QED) is 0.754. The number of hydrogen-bond acceptors (Lipinski definition) is 1. The molecule has 0 spiro atoms. The zero-order valence-corrected chi connectivity index (χ0v) is 12.7. The molecule has 0 amide bonds. The molecule has 2 aromatic rings. The summed E-state index contributed by atoms with van der Waals surface area (Å²) in [6.07, 6.45) is 1.16. The molecule has 2 nitrogen and oxygen atoms in total. The van der Waals surface area contributed by atoms with Crippen LogP contribution in [0.25, 0.3) is 11.0 Å². The van der Waals surface area contributed by atoms with Crippen LogP contribution in [0.5, 0.6) is 0 Å². The van der Waals surface area contributed by atoms with E-state index in [1.165, 1.54) is 11.1 Å². The molecule has 0 radical (unpaired) electrons. The van der Waals surface area contributed by atoms with Crippen molar-refractivity contribution in [1.29, 1.82) is 0 Å². The van der Waals surface area contributed by atoms with Crippen LogP contribution >= 0.6 is 24.0 Å². The molecule has 0 aliphatic heterocycles. The number of imidazole rings is 1. The predicted octanol–water partition coefficient (Wildman–Crippen LogP) is 4.55. The SMILES string of the molecule is Cc1ccc2c(c1)nc(CCl)n2CCC(C)C.Cl. The Morgan fingerprint density at radius 2 is 2.06 bits per heavy atom. The van der Waals surface area contributed by atoms with Gasteiger partial charge in [-0.3, -0.25) is 0 Å². The summed E-state index contributed by atoms with van der Waals surface area (Å²) >= 11 is 5.98. The lowest BCUT2D eigenvalue weighted by atomic mass is 10.1. The number of aryl methyl sites for hydroxylation is 2. The summed E-state index contributed by atoms with van der Waals surface area (Å²) in [7, 11) is 0. The molecule has 0 aliphatic carbocycles. The molecule has 18 heavy (non-hydrogen) atoms. The van der Waals surface area contributed by atoms with Crippen LogP contribution in [0, 0.1) is 12.8 Å². The molecule has 4 heteroatoms. The van der Waals surface area contributed by atoms with Crippen molar-refractivity contribution in [3.8, 4) is 0 Å². The highest BCUT2D eigenvalue weighted by atomic mass is 35.5. The fourth-order valence-electron chi connectivity index (χ4n) is 2.03. The van der Waals surface area contributed by atoms with Gasteiger partial charge in [-0.05, 0) is 37.0 Å². The van der Waals surface area contributed by atoms with Gasteiger partial charge in [-0.1, -0.05) is 19.9 Å². The zero-order valence-electron chi connectivity index (χ0n) is 11.1. The number of aromatic nitrogens is 2. The number of benzene rings is 1. The number of hydrogen-bond donors (Lipinski definition) is 0. The van der Waals surface area contributed by atoms with E-state index in [1.54, 1.807) is 0 Å². The van der Waals surface area contributed by atoms with Crippen molar-refractivity contribution in [2.75, 3.05) is 0 Å². The van der Waals surface area contributed by atoms with Crippen molar-refractivity contribution in [2.24, 2.45) is 5.92 Å². The van der Waals surface area contributed by atoms with Crippen LogP contribution < -0.4 is 0 Å². The third-order valence-corrected chi connectivity index (χ3v) is 3.27. The van der Waals surface area contributed by atoms with Crippen LogP contribution in [0.2, 0.25) is 0 Å². The molecule has 2 rings (SSSR count). The Hall–Kier alpha value is -0.730. The van der Waals surface area contributed by atoms with Crippen molar-refractivity contribution in [1.82, 2.24) is 9.55 Å². The molecule has 0 N–H and O–H groups in total. The molecule has 0 fully saturated rings. The monoisotopic (exact) mass is 286 g/mol. The Kier molecular flexibility index (Phi) is 5.48.